The largest absolute Gasteiger partial charge is 4.00 e. The third-order valence-electron chi connectivity index (χ3n) is 2.76. The summed E-state index contributed by atoms with van der Waals surface area (Å²) >= 11 is 0. The van der Waals surface area contributed by atoms with E-state index in [1.165, 1.54) is 13.8 Å². The van der Waals surface area contributed by atoms with E-state index < -0.39 is 47.0 Å². The fourth-order valence-electron chi connectivity index (χ4n) is 0.720. The maximum absolute atomic E-state index is 10.1. The number of carboxylic acid groups (broad SMARTS) is 4. The van der Waals surface area contributed by atoms with Crippen molar-refractivity contribution in [3.63, 3.8) is 0 Å². The average molecular weight is 699 g/mol. The Kier molecular flexibility index (Phi) is 50.2. The van der Waals surface area contributed by atoms with Crippen LogP contribution in [0.3, 0.4) is 0 Å². The van der Waals surface area contributed by atoms with Crippen molar-refractivity contribution in [1.29, 1.82) is 0 Å². The van der Waals surface area contributed by atoms with Gasteiger partial charge in [-0.15, -0.1) is 0 Å². The minimum absolute atomic E-state index is 0. The van der Waals surface area contributed by atoms with Crippen molar-refractivity contribution in [2.24, 2.45) is 0 Å². The van der Waals surface area contributed by atoms with Gasteiger partial charge in [0, 0.05) is 41.5 Å². The number of hydrogen-bond donors (Lipinski definition) is 0. The van der Waals surface area contributed by atoms with E-state index in [1.807, 2.05) is 0 Å². The normalized spacial score (nSPS) is 7.80. The fraction of sp³-hybridized carbons (Fsp3) is 0.583. The number of hydrogen-bond acceptors (Lipinski definition) is 16. The summed E-state index contributed by atoms with van der Waals surface area (Å²) in [4.78, 5) is 95.1. The molecule has 0 fully saturated rings. The van der Waals surface area contributed by atoms with Gasteiger partial charge in [0.2, 0.25) is 0 Å². The number of aliphatic carboxylic acids is 4. The molecule has 0 aliphatic carbocycles. The first-order valence-corrected chi connectivity index (χ1v) is 11.3. The Labute approximate surface area is 254 Å². The summed E-state index contributed by atoms with van der Waals surface area (Å²) in [6.07, 6.45) is 4.10. The topological polar surface area (TPSA) is 281 Å². The molecule has 0 spiro atoms. The second-order valence-corrected chi connectivity index (χ2v) is 6.76. The van der Waals surface area contributed by atoms with E-state index in [4.69, 9.17) is 0 Å². The number of Topliss-reactive ketones (excluding diaryl/α,β-unsaturated/α-hetero) is 4. The molecule has 17 heteroatoms. The molecule has 0 aromatic heterocycles. The van der Waals surface area contributed by atoms with Crippen molar-refractivity contribution >= 4 is 82.9 Å². The fourth-order valence-corrected chi connectivity index (χ4v) is 0.720. The molecule has 0 unspecified atom stereocenters. The van der Waals surface area contributed by atoms with Gasteiger partial charge in [-0.3, -0.25) is 28.8 Å². The first kappa shape index (κ1) is 53.5. The van der Waals surface area contributed by atoms with Crippen LogP contribution in [0.25, 0.3) is 0 Å². The van der Waals surface area contributed by atoms with Gasteiger partial charge in [-0.1, -0.05) is 26.7 Å². The predicted molar refractivity (Wildman–Crippen MR) is 132 cm³/mol. The third kappa shape index (κ3) is 85.9. The molecule has 0 saturated carbocycles. The summed E-state index contributed by atoms with van der Waals surface area (Å²) < 4.78 is 9.29. The molecule has 0 N–H and O–H groups in total. The van der Waals surface area contributed by atoms with E-state index in [0.29, 0.717) is 13.2 Å². The summed E-state index contributed by atoms with van der Waals surface area (Å²) in [7, 11) is 0. The standard InChI is InChI=1S/2C6H12O2.4C3H4O3.Sn/c2*1-3-4-5-8-6(2)7;4*1-2(4)3(5)6;/h2*3-5H2,1-2H3;4*1H3,(H,5,6);/q;;;;;;+4/p-4. The molecule has 0 aromatic carbocycles. The Hall–Kier alpha value is -3.70. The number of carboxylic acids is 4. The molecule has 0 aliphatic rings. The van der Waals surface area contributed by atoms with E-state index in [2.05, 4.69) is 23.3 Å². The molecule has 0 saturated heterocycles. The molecular weight excluding hydrogens is 663 g/mol. The molecule has 0 heterocycles. The van der Waals surface area contributed by atoms with Crippen LogP contribution in [0.1, 0.15) is 81.1 Å². The van der Waals surface area contributed by atoms with Crippen molar-refractivity contribution in [2.45, 2.75) is 81.1 Å². The van der Waals surface area contributed by atoms with E-state index in [1.54, 1.807) is 0 Å². The van der Waals surface area contributed by atoms with Gasteiger partial charge in [0.1, 0.15) is 23.9 Å². The molecule has 232 valence electrons. The quantitative estimate of drug-likeness (QED) is 0.0901. The Morgan fingerprint density at radius 3 is 0.659 bits per heavy atom. The molecule has 41 heavy (non-hydrogen) atoms. The molecular formula is C24H36O16Sn. The first-order chi connectivity index (χ1) is 18.1. The minimum atomic E-state index is -1.63. The number of rotatable bonds is 10. The van der Waals surface area contributed by atoms with Gasteiger partial charge in [-0.25, -0.2) is 0 Å². The summed E-state index contributed by atoms with van der Waals surface area (Å²) in [5, 5.41) is 37.0. The van der Waals surface area contributed by atoms with Crippen LogP contribution in [-0.4, -0.2) is 96.1 Å². The predicted octanol–water partition coefficient (Wildman–Crippen LogP) is -4.38. The number of carbonyl (C=O) groups is 10. The maximum atomic E-state index is 10.1. The maximum Gasteiger partial charge on any atom is 4.00 e. The Morgan fingerprint density at radius 1 is 0.439 bits per heavy atom. The van der Waals surface area contributed by atoms with E-state index >= 15 is 0 Å². The monoisotopic (exact) mass is 700 g/mol. The first-order valence-electron chi connectivity index (χ1n) is 11.3. The second-order valence-electron chi connectivity index (χ2n) is 6.76. The summed E-state index contributed by atoms with van der Waals surface area (Å²) in [5.74, 6) is -10.6. The number of unbranched alkanes of at least 4 members (excludes halogenated alkanes) is 2. The molecule has 0 atom stereocenters. The summed E-state index contributed by atoms with van der Waals surface area (Å²) in [6, 6.07) is 0. The van der Waals surface area contributed by atoms with E-state index in [9.17, 15) is 68.4 Å². The van der Waals surface area contributed by atoms with Crippen molar-refractivity contribution < 1.29 is 77.8 Å². The minimum Gasteiger partial charge on any atom is -0.542 e. The Balaban J connectivity index is -0.0000000677. The van der Waals surface area contributed by atoms with Crippen LogP contribution in [0.2, 0.25) is 0 Å². The Bertz CT molecular complexity index is 670. The van der Waals surface area contributed by atoms with Crippen LogP contribution in [0.15, 0.2) is 0 Å². The number of ketones is 4. The van der Waals surface area contributed by atoms with Crippen LogP contribution in [0.5, 0.6) is 0 Å². The molecule has 0 amide bonds. The molecule has 0 radical (unpaired) electrons. The van der Waals surface area contributed by atoms with Crippen molar-refractivity contribution in [3.05, 3.63) is 0 Å². The zero-order valence-corrected chi connectivity index (χ0v) is 27.1. The van der Waals surface area contributed by atoms with Gasteiger partial charge in [0.25, 0.3) is 0 Å². The van der Waals surface area contributed by atoms with Crippen LogP contribution in [0, 0.1) is 0 Å². The molecule has 0 aromatic rings. The van der Waals surface area contributed by atoms with Gasteiger partial charge in [0.15, 0.2) is 23.1 Å². The van der Waals surface area contributed by atoms with Crippen molar-refractivity contribution in [1.82, 2.24) is 0 Å². The van der Waals surface area contributed by atoms with Crippen LogP contribution >= 0.6 is 0 Å². The molecule has 0 rings (SSSR count). The summed E-state index contributed by atoms with van der Waals surface area (Å²) in [6.45, 7) is 11.9. The Morgan fingerprint density at radius 2 is 0.585 bits per heavy atom. The van der Waals surface area contributed by atoms with Gasteiger partial charge in [0.05, 0.1) is 13.2 Å². The van der Waals surface area contributed by atoms with Gasteiger partial charge in [-0.2, -0.15) is 0 Å². The van der Waals surface area contributed by atoms with Crippen molar-refractivity contribution in [3.8, 4) is 0 Å². The molecule has 16 nitrogen and oxygen atoms in total. The van der Waals surface area contributed by atoms with E-state index in [0.717, 1.165) is 53.4 Å². The van der Waals surface area contributed by atoms with E-state index in [-0.39, 0.29) is 35.8 Å². The second kappa shape index (κ2) is 38.4. The smallest absolute Gasteiger partial charge is 0.542 e. The number of carbonyl (C=O) groups excluding carboxylic acids is 10. The number of ether oxygens (including phenoxy) is 2. The van der Waals surface area contributed by atoms with Gasteiger partial charge in [-0.05, 0) is 12.8 Å². The number of esters is 2. The molecule has 0 bridgehead atoms. The van der Waals surface area contributed by atoms with Crippen LogP contribution < -0.4 is 20.4 Å². The zero-order valence-electron chi connectivity index (χ0n) is 24.3. The van der Waals surface area contributed by atoms with Gasteiger partial charge >= 0.3 is 35.8 Å². The summed E-state index contributed by atoms with van der Waals surface area (Å²) in [5.41, 5.74) is 0. The van der Waals surface area contributed by atoms with Gasteiger partial charge < -0.3 is 49.1 Å². The van der Waals surface area contributed by atoms with Crippen LogP contribution in [0.4, 0.5) is 0 Å². The zero-order chi connectivity index (χ0) is 33.4. The van der Waals surface area contributed by atoms with Crippen molar-refractivity contribution in [2.75, 3.05) is 13.2 Å². The van der Waals surface area contributed by atoms with Crippen LogP contribution in [-0.2, 0) is 57.4 Å². The SMILES string of the molecule is CC(=O)C(=O)[O-].CC(=O)C(=O)[O-].CC(=O)C(=O)[O-].CC(=O)C(=O)[O-].CCCCOC(C)=O.CCCCOC(C)=O.[Sn+4]. The average Bonchev–Trinajstić information content (AvgIpc) is 2.80. The molecule has 0 aliphatic heterocycles. The third-order valence-corrected chi connectivity index (χ3v) is 2.76.